The second kappa shape index (κ2) is 6.64. The average molecular weight is 284 g/mol. The largest absolute Gasteiger partial charge is 0.384 e. The van der Waals surface area contributed by atoms with Gasteiger partial charge in [0, 0.05) is 18.8 Å². The monoisotopic (exact) mass is 284 g/mol. The van der Waals surface area contributed by atoms with Crippen LogP contribution in [-0.4, -0.2) is 29.7 Å². The molecule has 2 rings (SSSR count). The Kier molecular flexibility index (Phi) is 4.64. The van der Waals surface area contributed by atoms with Crippen molar-refractivity contribution in [1.82, 2.24) is 4.98 Å². The predicted molar refractivity (Wildman–Crippen MR) is 77.3 cm³/mol. The summed E-state index contributed by atoms with van der Waals surface area (Å²) in [7, 11) is 1.55. The molecule has 0 aliphatic carbocycles. The van der Waals surface area contributed by atoms with Crippen LogP contribution >= 0.6 is 0 Å². The lowest BCUT2D eigenvalue weighted by Gasteiger charge is -2.17. The predicted octanol–water partition coefficient (Wildman–Crippen LogP) is 1.84. The van der Waals surface area contributed by atoms with E-state index in [4.69, 9.17) is 5.11 Å². The van der Waals surface area contributed by atoms with Crippen LogP contribution in [0.2, 0.25) is 0 Å². The van der Waals surface area contributed by atoms with E-state index in [9.17, 15) is 9.18 Å². The molecule has 2 aromatic rings. The Hall–Kier alpha value is -2.71. The van der Waals surface area contributed by atoms with Gasteiger partial charge in [-0.1, -0.05) is 11.8 Å². The van der Waals surface area contributed by atoms with E-state index in [1.54, 1.807) is 25.4 Å². The van der Waals surface area contributed by atoms with Crippen molar-refractivity contribution in [2.24, 2.45) is 0 Å². The van der Waals surface area contributed by atoms with Crippen molar-refractivity contribution in [2.45, 2.75) is 0 Å². The molecule has 0 radical (unpaired) electrons. The van der Waals surface area contributed by atoms with E-state index in [0.717, 1.165) is 0 Å². The molecule has 1 heterocycles. The first-order valence-electron chi connectivity index (χ1n) is 6.21. The summed E-state index contributed by atoms with van der Waals surface area (Å²) in [6.07, 6.45) is 3.12. The molecule has 0 bridgehead atoms. The van der Waals surface area contributed by atoms with Gasteiger partial charge in [0.2, 0.25) is 0 Å². The summed E-state index contributed by atoms with van der Waals surface area (Å²) < 4.78 is 14.0. The van der Waals surface area contributed by atoms with Crippen molar-refractivity contribution >= 4 is 11.6 Å². The standard InChI is InChI=1S/C16H13FN2O2/c1-19(13-5-2-8-18-11-13)16(21)14-7-6-12(4-3-9-20)10-15(14)17/h2,5-8,10-11,20H,9H2,1H3. The lowest BCUT2D eigenvalue weighted by Crippen LogP contribution is -2.27. The molecule has 0 aliphatic rings. The Morgan fingerprint density at radius 3 is 2.86 bits per heavy atom. The minimum absolute atomic E-state index is 0.0455. The average Bonchev–Trinajstić information content (AvgIpc) is 2.52. The van der Waals surface area contributed by atoms with Crippen molar-refractivity contribution < 1.29 is 14.3 Å². The molecule has 0 aliphatic heterocycles. The van der Waals surface area contributed by atoms with Crippen LogP contribution in [0.4, 0.5) is 10.1 Å². The number of hydrogen-bond donors (Lipinski definition) is 1. The van der Waals surface area contributed by atoms with Crippen molar-refractivity contribution in [3.63, 3.8) is 0 Å². The highest BCUT2D eigenvalue weighted by Gasteiger charge is 2.17. The van der Waals surface area contributed by atoms with Crippen LogP contribution in [0.5, 0.6) is 0 Å². The van der Waals surface area contributed by atoms with Gasteiger partial charge in [-0.3, -0.25) is 9.78 Å². The third-order valence-electron chi connectivity index (χ3n) is 2.85. The van der Waals surface area contributed by atoms with Gasteiger partial charge in [0.25, 0.3) is 5.91 Å². The van der Waals surface area contributed by atoms with Crippen molar-refractivity contribution in [1.29, 1.82) is 0 Å². The van der Waals surface area contributed by atoms with Crippen molar-refractivity contribution in [3.05, 3.63) is 59.7 Å². The van der Waals surface area contributed by atoms with Gasteiger partial charge < -0.3 is 10.0 Å². The van der Waals surface area contributed by atoms with Crippen LogP contribution in [0, 0.1) is 17.7 Å². The minimum Gasteiger partial charge on any atom is -0.384 e. The Morgan fingerprint density at radius 2 is 2.24 bits per heavy atom. The molecule has 1 amide bonds. The van der Waals surface area contributed by atoms with Crippen LogP contribution < -0.4 is 4.90 Å². The zero-order valence-corrected chi connectivity index (χ0v) is 11.4. The van der Waals surface area contributed by atoms with Gasteiger partial charge in [-0.15, -0.1) is 0 Å². The van der Waals surface area contributed by atoms with Crippen LogP contribution in [0.1, 0.15) is 15.9 Å². The number of hydrogen-bond acceptors (Lipinski definition) is 3. The second-order valence-corrected chi connectivity index (χ2v) is 4.23. The number of aliphatic hydroxyl groups is 1. The lowest BCUT2D eigenvalue weighted by atomic mass is 10.1. The molecule has 0 saturated carbocycles. The van der Waals surface area contributed by atoms with Gasteiger partial charge in [-0.05, 0) is 30.3 Å². The molecule has 0 unspecified atom stereocenters. The number of aromatic nitrogens is 1. The second-order valence-electron chi connectivity index (χ2n) is 4.23. The summed E-state index contributed by atoms with van der Waals surface area (Å²) >= 11 is 0. The fraction of sp³-hybridized carbons (Fsp3) is 0.125. The maximum atomic E-state index is 14.0. The molecule has 106 valence electrons. The smallest absolute Gasteiger partial charge is 0.261 e. The molecule has 1 N–H and O–H groups in total. The lowest BCUT2D eigenvalue weighted by molar-refractivity contribution is 0.0989. The molecular weight excluding hydrogens is 271 g/mol. The highest BCUT2D eigenvalue weighted by atomic mass is 19.1. The highest BCUT2D eigenvalue weighted by molar-refractivity contribution is 6.05. The van der Waals surface area contributed by atoms with Crippen molar-refractivity contribution in [2.75, 3.05) is 18.6 Å². The SMILES string of the molecule is CN(C(=O)c1ccc(C#CCO)cc1F)c1cccnc1. The fourth-order valence-electron chi connectivity index (χ4n) is 1.76. The number of carbonyl (C=O) groups excluding carboxylic acids is 1. The quantitative estimate of drug-likeness (QED) is 0.856. The fourth-order valence-corrected chi connectivity index (χ4v) is 1.76. The van der Waals surface area contributed by atoms with Crippen LogP contribution in [-0.2, 0) is 0 Å². The molecule has 1 aromatic heterocycles. The summed E-state index contributed by atoms with van der Waals surface area (Å²) in [5.41, 5.74) is 0.934. The van der Waals surface area contributed by atoms with Crippen LogP contribution in [0.25, 0.3) is 0 Å². The summed E-state index contributed by atoms with van der Waals surface area (Å²) in [4.78, 5) is 17.5. The third kappa shape index (κ3) is 3.44. The zero-order chi connectivity index (χ0) is 15.2. The molecule has 0 spiro atoms. The number of rotatable bonds is 2. The van der Waals surface area contributed by atoms with E-state index in [0.29, 0.717) is 11.3 Å². The van der Waals surface area contributed by atoms with E-state index in [-0.39, 0.29) is 12.2 Å². The molecule has 4 nitrogen and oxygen atoms in total. The maximum absolute atomic E-state index is 14.0. The van der Waals surface area contributed by atoms with Crippen molar-refractivity contribution in [3.8, 4) is 11.8 Å². The van der Waals surface area contributed by atoms with Gasteiger partial charge in [0.15, 0.2) is 0 Å². The van der Waals surface area contributed by atoms with Gasteiger partial charge in [0.1, 0.15) is 12.4 Å². The summed E-state index contributed by atoms with van der Waals surface area (Å²) in [5.74, 6) is 3.89. The van der Waals surface area contributed by atoms with Gasteiger partial charge in [-0.25, -0.2) is 4.39 Å². The van der Waals surface area contributed by atoms with E-state index < -0.39 is 11.7 Å². The van der Waals surface area contributed by atoms with E-state index in [1.165, 1.54) is 29.3 Å². The Morgan fingerprint density at radius 1 is 1.43 bits per heavy atom. The number of amides is 1. The topological polar surface area (TPSA) is 53.4 Å². The molecule has 5 heteroatoms. The summed E-state index contributed by atoms with van der Waals surface area (Å²) in [6.45, 7) is -0.300. The first-order valence-corrected chi connectivity index (χ1v) is 6.21. The number of carbonyl (C=O) groups is 1. The number of benzene rings is 1. The summed E-state index contributed by atoms with van der Waals surface area (Å²) in [6, 6.07) is 7.50. The maximum Gasteiger partial charge on any atom is 0.261 e. The van der Waals surface area contributed by atoms with Gasteiger partial charge in [0.05, 0.1) is 17.4 Å². The number of pyridine rings is 1. The normalized spacial score (nSPS) is 9.67. The van der Waals surface area contributed by atoms with Gasteiger partial charge in [-0.2, -0.15) is 0 Å². The summed E-state index contributed by atoms with van der Waals surface area (Å²) in [5, 5.41) is 8.60. The molecule has 0 fully saturated rings. The highest BCUT2D eigenvalue weighted by Crippen LogP contribution is 2.16. The molecule has 0 saturated heterocycles. The molecule has 0 atom stereocenters. The first-order chi connectivity index (χ1) is 10.1. The first kappa shape index (κ1) is 14.7. The number of nitrogens with zero attached hydrogens (tertiary/aromatic N) is 2. The minimum atomic E-state index is -0.652. The third-order valence-corrected chi connectivity index (χ3v) is 2.85. The van der Waals surface area contributed by atoms with Gasteiger partial charge >= 0.3 is 0 Å². The van der Waals surface area contributed by atoms with E-state index in [1.807, 2.05) is 0 Å². The Labute approximate surface area is 121 Å². The van der Waals surface area contributed by atoms with Crippen LogP contribution in [0.15, 0.2) is 42.7 Å². The number of anilines is 1. The Bertz CT molecular complexity index is 705. The van der Waals surface area contributed by atoms with Crippen LogP contribution in [0.3, 0.4) is 0 Å². The Balaban J connectivity index is 2.27. The number of aliphatic hydroxyl groups excluding tert-OH is 1. The molecule has 21 heavy (non-hydrogen) atoms. The van der Waals surface area contributed by atoms with E-state index in [2.05, 4.69) is 16.8 Å². The number of halogens is 1. The molecular formula is C16H13FN2O2. The zero-order valence-electron chi connectivity index (χ0n) is 11.4. The van der Waals surface area contributed by atoms with E-state index >= 15 is 0 Å². The molecule has 1 aromatic carbocycles.